The number of likely N-dealkylation sites (tertiary alicyclic amines) is 1. The smallest absolute Gasteiger partial charge is 0.253 e. The first-order chi connectivity index (χ1) is 10.1. The predicted molar refractivity (Wildman–Crippen MR) is 75.3 cm³/mol. The Morgan fingerprint density at radius 3 is 3.00 bits per heavy atom. The molecule has 21 heavy (non-hydrogen) atoms. The number of nitrogens with zero attached hydrogens (tertiary/aromatic N) is 4. The minimum atomic E-state index is -0.386. The van der Waals surface area contributed by atoms with E-state index in [1.54, 1.807) is 23.4 Å². The average Bonchev–Trinajstić information content (AvgIpc) is 2.93. The van der Waals surface area contributed by atoms with Crippen LogP contribution in [0.1, 0.15) is 34.9 Å². The Morgan fingerprint density at radius 1 is 1.43 bits per heavy atom. The lowest BCUT2D eigenvalue weighted by Crippen LogP contribution is -2.39. The summed E-state index contributed by atoms with van der Waals surface area (Å²) < 4.78 is 15.1. The fourth-order valence-corrected chi connectivity index (χ4v) is 2.84. The molecule has 1 aliphatic heterocycles. The molecule has 1 aromatic carbocycles. The van der Waals surface area contributed by atoms with Gasteiger partial charge in [0.15, 0.2) is 0 Å². The number of aromatic nitrogens is 3. The van der Waals surface area contributed by atoms with Crippen molar-refractivity contribution in [1.29, 1.82) is 0 Å². The zero-order chi connectivity index (χ0) is 14.8. The van der Waals surface area contributed by atoms with Crippen LogP contribution in [-0.4, -0.2) is 38.7 Å². The van der Waals surface area contributed by atoms with Crippen LogP contribution in [0.2, 0.25) is 0 Å². The molecule has 1 amide bonds. The summed E-state index contributed by atoms with van der Waals surface area (Å²) in [5.74, 6) is 0.569. The molecular weight excluding hydrogens is 271 g/mol. The average molecular weight is 288 g/mol. The molecule has 0 aliphatic carbocycles. The van der Waals surface area contributed by atoms with Crippen molar-refractivity contribution in [3.05, 3.63) is 47.8 Å². The maximum Gasteiger partial charge on any atom is 0.253 e. The summed E-state index contributed by atoms with van der Waals surface area (Å²) in [6.45, 7) is 1.30. The molecular formula is C15H17FN4O. The second kappa shape index (κ2) is 5.63. The van der Waals surface area contributed by atoms with Gasteiger partial charge in [0.1, 0.15) is 18.0 Å². The monoisotopic (exact) mass is 288 g/mol. The fourth-order valence-electron chi connectivity index (χ4n) is 2.84. The maximum atomic E-state index is 13.3. The van der Waals surface area contributed by atoms with E-state index in [1.807, 2.05) is 11.6 Å². The molecule has 0 N–H and O–H groups in total. The SMILES string of the molecule is Cn1cnnc1C1CCCN(C(=O)c2cccc(F)c2)C1. The Morgan fingerprint density at radius 2 is 2.29 bits per heavy atom. The van der Waals surface area contributed by atoms with Crippen LogP contribution in [0.3, 0.4) is 0 Å². The Kier molecular flexibility index (Phi) is 3.68. The lowest BCUT2D eigenvalue weighted by atomic mass is 9.96. The zero-order valence-corrected chi connectivity index (χ0v) is 11.9. The number of aryl methyl sites for hydroxylation is 1. The van der Waals surface area contributed by atoms with Gasteiger partial charge in [-0.25, -0.2) is 4.39 Å². The highest BCUT2D eigenvalue weighted by atomic mass is 19.1. The van der Waals surface area contributed by atoms with E-state index in [1.165, 1.54) is 12.1 Å². The van der Waals surface area contributed by atoms with Gasteiger partial charge in [0.25, 0.3) is 5.91 Å². The minimum Gasteiger partial charge on any atom is -0.338 e. The van der Waals surface area contributed by atoms with Crippen LogP contribution >= 0.6 is 0 Å². The number of carbonyl (C=O) groups is 1. The third kappa shape index (κ3) is 2.79. The molecule has 2 heterocycles. The molecule has 1 fully saturated rings. The number of benzene rings is 1. The third-order valence-corrected chi connectivity index (χ3v) is 3.89. The standard InChI is InChI=1S/C15H17FN4O/c1-19-10-17-18-14(19)12-5-3-7-20(9-12)15(21)11-4-2-6-13(16)8-11/h2,4,6,8,10,12H,3,5,7,9H2,1H3. The number of hydrogen-bond acceptors (Lipinski definition) is 3. The van der Waals surface area contributed by atoms with E-state index in [-0.39, 0.29) is 17.6 Å². The highest BCUT2D eigenvalue weighted by Crippen LogP contribution is 2.26. The van der Waals surface area contributed by atoms with Crippen molar-refractivity contribution < 1.29 is 9.18 Å². The van der Waals surface area contributed by atoms with Crippen LogP contribution in [0, 0.1) is 5.82 Å². The molecule has 110 valence electrons. The van der Waals surface area contributed by atoms with Crippen LogP contribution in [-0.2, 0) is 7.05 Å². The van der Waals surface area contributed by atoms with Crippen molar-refractivity contribution in [2.45, 2.75) is 18.8 Å². The van der Waals surface area contributed by atoms with Crippen molar-refractivity contribution in [3.63, 3.8) is 0 Å². The first-order valence-corrected chi connectivity index (χ1v) is 7.04. The van der Waals surface area contributed by atoms with E-state index in [9.17, 15) is 9.18 Å². The largest absolute Gasteiger partial charge is 0.338 e. The van der Waals surface area contributed by atoms with Gasteiger partial charge < -0.3 is 9.47 Å². The van der Waals surface area contributed by atoms with Gasteiger partial charge in [0.05, 0.1) is 0 Å². The predicted octanol–water partition coefficient (Wildman–Crippen LogP) is 1.97. The van der Waals surface area contributed by atoms with Crippen molar-refractivity contribution >= 4 is 5.91 Å². The number of carbonyl (C=O) groups excluding carboxylic acids is 1. The Bertz CT molecular complexity index is 655. The van der Waals surface area contributed by atoms with E-state index in [4.69, 9.17) is 0 Å². The fraction of sp³-hybridized carbons (Fsp3) is 0.400. The number of rotatable bonds is 2. The highest BCUT2D eigenvalue weighted by Gasteiger charge is 2.28. The molecule has 0 saturated carbocycles. The molecule has 3 rings (SSSR count). The molecule has 0 bridgehead atoms. The van der Waals surface area contributed by atoms with Crippen molar-refractivity contribution in [2.24, 2.45) is 7.05 Å². The van der Waals surface area contributed by atoms with Gasteiger partial charge in [0.2, 0.25) is 0 Å². The highest BCUT2D eigenvalue weighted by molar-refractivity contribution is 5.94. The molecule has 1 aromatic heterocycles. The van der Waals surface area contributed by atoms with Crippen molar-refractivity contribution in [3.8, 4) is 0 Å². The lowest BCUT2D eigenvalue weighted by Gasteiger charge is -2.32. The molecule has 2 aromatic rings. The quantitative estimate of drug-likeness (QED) is 0.849. The molecule has 5 nitrogen and oxygen atoms in total. The number of hydrogen-bond donors (Lipinski definition) is 0. The number of halogens is 1. The van der Waals surface area contributed by atoms with Crippen LogP contribution in [0.5, 0.6) is 0 Å². The molecule has 6 heteroatoms. The Balaban J connectivity index is 1.77. The lowest BCUT2D eigenvalue weighted by molar-refractivity contribution is 0.0703. The molecule has 1 aliphatic rings. The summed E-state index contributed by atoms with van der Waals surface area (Å²) in [6.07, 6.45) is 3.57. The molecule has 1 saturated heterocycles. The van der Waals surface area contributed by atoms with E-state index in [0.29, 0.717) is 18.7 Å². The minimum absolute atomic E-state index is 0.124. The van der Waals surface area contributed by atoms with Crippen LogP contribution in [0.4, 0.5) is 4.39 Å². The van der Waals surface area contributed by atoms with E-state index in [2.05, 4.69) is 10.2 Å². The second-order valence-corrected chi connectivity index (χ2v) is 5.40. The van der Waals surface area contributed by atoms with Crippen molar-refractivity contribution in [2.75, 3.05) is 13.1 Å². The first kappa shape index (κ1) is 13.7. The van der Waals surface area contributed by atoms with Gasteiger partial charge in [-0.3, -0.25) is 4.79 Å². The van der Waals surface area contributed by atoms with Crippen molar-refractivity contribution in [1.82, 2.24) is 19.7 Å². The normalized spacial score (nSPS) is 18.8. The van der Waals surface area contributed by atoms with Gasteiger partial charge in [-0.05, 0) is 31.0 Å². The number of amides is 1. The number of piperidine rings is 1. The van der Waals surface area contributed by atoms with E-state index < -0.39 is 0 Å². The summed E-state index contributed by atoms with van der Waals surface area (Å²) in [7, 11) is 1.91. The van der Waals surface area contributed by atoms with Gasteiger partial charge >= 0.3 is 0 Å². The maximum absolute atomic E-state index is 13.3. The first-order valence-electron chi connectivity index (χ1n) is 7.04. The van der Waals surface area contributed by atoms with Crippen LogP contribution in [0.15, 0.2) is 30.6 Å². The Hall–Kier alpha value is -2.24. The topological polar surface area (TPSA) is 51.0 Å². The second-order valence-electron chi connectivity index (χ2n) is 5.40. The van der Waals surface area contributed by atoms with E-state index in [0.717, 1.165) is 18.7 Å². The molecule has 1 unspecified atom stereocenters. The summed E-state index contributed by atoms with van der Waals surface area (Å²) in [6, 6.07) is 5.84. The van der Waals surface area contributed by atoms with E-state index >= 15 is 0 Å². The van der Waals surface area contributed by atoms with Gasteiger partial charge in [0, 0.05) is 31.6 Å². The zero-order valence-electron chi connectivity index (χ0n) is 11.9. The molecule has 0 spiro atoms. The van der Waals surface area contributed by atoms with Gasteiger partial charge in [-0.2, -0.15) is 0 Å². The van der Waals surface area contributed by atoms with Crippen LogP contribution < -0.4 is 0 Å². The van der Waals surface area contributed by atoms with Gasteiger partial charge in [-0.15, -0.1) is 10.2 Å². The third-order valence-electron chi connectivity index (χ3n) is 3.89. The van der Waals surface area contributed by atoms with Gasteiger partial charge in [-0.1, -0.05) is 6.07 Å². The summed E-state index contributed by atoms with van der Waals surface area (Å²) >= 11 is 0. The molecule has 1 atom stereocenters. The summed E-state index contributed by atoms with van der Waals surface area (Å²) in [4.78, 5) is 14.2. The molecule has 0 radical (unpaired) electrons. The summed E-state index contributed by atoms with van der Waals surface area (Å²) in [5, 5.41) is 8.03. The Labute approximate surface area is 122 Å². The van der Waals surface area contributed by atoms with Crippen LogP contribution in [0.25, 0.3) is 0 Å². The summed E-state index contributed by atoms with van der Waals surface area (Å²) in [5.41, 5.74) is 0.397.